The van der Waals surface area contributed by atoms with Gasteiger partial charge in [-0.25, -0.2) is 0 Å². The van der Waals surface area contributed by atoms with E-state index >= 15 is 0 Å². The van der Waals surface area contributed by atoms with Crippen LogP contribution in [0, 0.1) is 0 Å². The van der Waals surface area contributed by atoms with E-state index in [1.165, 1.54) is 12.0 Å². The van der Waals surface area contributed by atoms with Crippen molar-refractivity contribution in [1.29, 1.82) is 0 Å². The molecule has 0 aliphatic rings. The van der Waals surface area contributed by atoms with Crippen molar-refractivity contribution in [2.45, 2.75) is 26.3 Å². The van der Waals surface area contributed by atoms with E-state index in [1.807, 2.05) is 6.07 Å². The molecule has 2 rings (SSSR count). The molecule has 1 aromatic heterocycles. The highest BCUT2D eigenvalue weighted by atomic mass is 35.5. The van der Waals surface area contributed by atoms with Crippen LogP contribution in [0.1, 0.15) is 24.5 Å². The van der Waals surface area contributed by atoms with E-state index in [-0.39, 0.29) is 0 Å². The molecule has 0 saturated heterocycles. The Bertz CT molecular complexity index is 494. The molecule has 1 heterocycles. The summed E-state index contributed by atoms with van der Waals surface area (Å²) in [6.45, 7) is 2.91. The molecular formula is C15H17ClN2. The first-order valence-corrected chi connectivity index (χ1v) is 6.58. The predicted octanol–water partition coefficient (Wildman–Crippen LogP) is 4.30. The standard InChI is InChI=1S/C15H17ClN2/c1-2-3-12-4-6-14(7-5-12)18-10-13-8-9-17-11-15(13)16/h4-9,11,18H,2-3,10H2,1H3. The molecule has 3 heteroatoms. The summed E-state index contributed by atoms with van der Waals surface area (Å²) in [7, 11) is 0. The summed E-state index contributed by atoms with van der Waals surface area (Å²) in [5, 5.41) is 4.06. The Balaban J connectivity index is 1.96. The number of nitrogens with one attached hydrogen (secondary N) is 1. The molecule has 0 aliphatic heterocycles. The van der Waals surface area contributed by atoms with Gasteiger partial charge < -0.3 is 5.32 Å². The Hall–Kier alpha value is -1.54. The van der Waals surface area contributed by atoms with Gasteiger partial charge in [-0.2, -0.15) is 0 Å². The topological polar surface area (TPSA) is 24.9 Å². The molecule has 0 atom stereocenters. The lowest BCUT2D eigenvalue weighted by molar-refractivity contribution is 0.922. The van der Waals surface area contributed by atoms with E-state index in [0.29, 0.717) is 11.6 Å². The van der Waals surface area contributed by atoms with Gasteiger partial charge in [0.15, 0.2) is 0 Å². The molecule has 94 valence electrons. The molecule has 0 fully saturated rings. The van der Waals surface area contributed by atoms with Crippen molar-refractivity contribution in [3.63, 3.8) is 0 Å². The van der Waals surface area contributed by atoms with Crippen molar-refractivity contribution >= 4 is 17.3 Å². The molecule has 2 aromatic rings. The van der Waals surface area contributed by atoms with Gasteiger partial charge in [0.2, 0.25) is 0 Å². The summed E-state index contributed by atoms with van der Waals surface area (Å²) in [5.41, 5.74) is 3.55. The van der Waals surface area contributed by atoms with Gasteiger partial charge in [0.25, 0.3) is 0 Å². The summed E-state index contributed by atoms with van der Waals surface area (Å²) in [4.78, 5) is 3.97. The lowest BCUT2D eigenvalue weighted by Gasteiger charge is -2.08. The van der Waals surface area contributed by atoms with E-state index in [9.17, 15) is 0 Å². The average molecular weight is 261 g/mol. The fourth-order valence-electron chi connectivity index (χ4n) is 1.82. The van der Waals surface area contributed by atoms with Crippen LogP contribution in [0.25, 0.3) is 0 Å². The number of anilines is 1. The SMILES string of the molecule is CCCc1ccc(NCc2ccncc2Cl)cc1. The van der Waals surface area contributed by atoms with Crippen molar-refractivity contribution < 1.29 is 0 Å². The zero-order valence-corrected chi connectivity index (χ0v) is 11.2. The molecule has 0 amide bonds. The highest BCUT2D eigenvalue weighted by Crippen LogP contribution is 2.16. The second kappa shape index (κ2) is 6.41. The Labute approximate surface area is 113 Å². The van der Waals surface area contributed by atoms with Crippen LogP contribution in [-0.4, -0.2) is 4.98 Å². The molecule has 0 spiro atoms. The van der Waals surface area contributed by atoms with Crippen LogP contribution >= 0.6 is 11.6 Å². The highest BCUT2D eigenvalue weighted by molar-refractivity contribution is 6.31. The lowest BCUT2D eigenvalue weighted by Crippen LogP contribution is -2.00. The largest absolute Gasteiger partial charge is 0.381 e. The van der Waals surface area contributed by atoms with E-state index in [2.05, 4.69) is 41.5 Å². The summed E-state index contributed by atoms with van der Waals surface area (Å²) >= 11 is 6.05. The zero-order valence-electron chi connectivity index (χ0n) is 10.5. The first kappa shape index (κ1) is 12.9. The number of pyridine rings is 1. The predicted molar refractivity (Wildman–Crippen MR) is 77.0 cm³/mol. The van der Waals surface area contributed by atoms with Gasteiger partial charge in [-0.1, -0.05) is 37.1 Å². The number of benzene rings is 1. The number of aromatic nitrogens is 1. The number of nitrogens with zero attached hydrogens (tertiary/aromatic N) is 1. The molecule has 1 aromatic carbocycles. The molecule has 0 saturated carbocycles. The molecule has 0 radical (unpaired) electrons. The van der Waals surface area contributed by atoms with Crippen LogP contribution in [-0.2, 0) is 13.0 Å². The number of hydrogen-bond donors (Lipinski definition) is 1. The van der Waals surface area contributed by atoms with Crippen molar-refractivity contribution in [2.24, 2.45) is 0 Å². The van der Waals surface area contributed by atoms with Crippen molar-refractivity contribution in [3.05, 3.63) is 58.9 Å². The third kappa shape index (κ3) is 3.47. The third-order valence-electron chi connectivity index (χ3n) is 2.83. The maximum absolute atomic E-state index is 6.05. The summed E-state index contributed by atoms with van der Waals surface area (Å²) in [5.74, 6) is 0. The summed E-state index contributed by atoms with van der Waals surface area (Å²) in [6, 6.07) is 10.5. The Kier molecular flexibility index (Phi) is 4.59. The van der Waals surface area contributed by atoms with E-state index in [0.717, 1.165) is 17.7 Å². The Morgan fingerprint density at radius 2 is 1.94 bits per heavy atom. The Morgan fingerprint density at radius 3 is 2.61 bits per heavy atom. The summed E-state index contributed by atoms with van der Waals surface area (Å²) < 4.78 is 0. The minimum atomic E-state index is 0.701. The second-order valence-corrected chi connectivity index (χ2v) is 4.67. The smallest absolute Gasteiger partial charge is 0.0639 e. The number of hydrogen-bond acceptors (Lipinski definition) is 2. The molecule has 2 nitrogen and oxygen atoms in total. The van der Waals surface area contributed by atoms with Gasteiger partial charge in [0.05, 0.1) is 5.02 Å². The maximum atomic E-state index is 6.05. The zero-order chi connectivity index (χ0) is 12.8. The molecule has 0 aliphatic carbocycles. The number of halogens is 1. The van der Waals surface area contributed by atoms with Crippen molar-refractivity contribution in [1.82, 2.24) is 4.98 Å². The van der Waals surface area contributed by atoms with E-state index < -0.39 is 0 Å². The van der Waals surface area contributed by atoms with E-state index in [1.54, 1.807) is 12.4 Å². The van der Waals surface area contributed by atoms with Gasteiger partial charge in [-0.15, -0.1) is 0 Å². The Morgan fingerprint density at radius 1 is 1.17 bits per heavy atom. The number of aryl methyl sites for hydroxylation is 1. The molecule has 1 N–H and O–H groups in total. The van der Waals surface area contributed by atoms with Crippen molar-refractivity contribution in [3.8, 4) is 0 Å². The van der Waals surface area contributed by atoms with Crippen LogP contribution in [0.4, 0.5) is 5.69 Å². The fraction of sp³-hybridized carbons (Fsp3) is 0.267. The maximum Gasteiger partial charge on any atom is 0.0639 e. The van der Waals surface area contributed by atoms with Crippen molar-refractivity contribution in [2.75, 3.05) is 5.32 Å². The second-order valence-electron chi connectivity index (χ2n) is 4.27. The average Bonchev–Trinajstić information content (AvgIpc) is 2.40. The number of rotatable bonds is 5. The van der Waals surface area contributed by atoms with Gasteiger partial charge in [-0.3, -0.25) is 4.98 Å². The quantitative estimate of drug-likeness (QED) is 0.867. The van der Waals surface area contributed by atoms with Crippen LogP contribution in [0.2, 0.25) is 5.02 Å². The van der Waals surface area contributed by atoms with Gasteiger partial charge in [0.1, 0.15) is 0 Å². The molecule has 0 unspecified atom stereocenters. The first-order chi connectivity index (χ1) is 8.79. The molecule has 18 heavy (non-hydrogen) atoms. The minimum Gasteiger partial charge on any atom is -0.381 e. The highest BCUT2D eigenvalue weighted by Gasteiger charge is 1.99. The fourth-order valence-corrected chi connectivity index (χ4v) is 2.01. The van der Waals surface area contributed by atoms with Crippen LogP contribution in [0.15, 0.2) is 42.7 Å². The minimum absolute atomic E-state index is 0.701. The normalized spacial score (nSPS) is 10.3. The summed E-state index contributed by atoms with van der Waals surface area (Å²) in [6.07, 6.45) is 5.74. The van der Waals surface area contributed by atoms with Crippen LogP contribution in [0.5, 0.6) is 0 Å². The van der Waals surface area contributed by atoms with Crippen LogP contribution < -0.4 is 5.32 Å². The first-order valence-electron chi connectivity index (χ1n) is 6.21. The lowest BCUT2D eigenvalue weighted by atomic mass is 10.1. The van der Waals surface area contributed by atoms with Gasteiger partial charge >= 0.3 is 0 Å². The van der Waals surface area contributed by atoms with E-state index in [4.69, 9.17) is 11.6 Å². The molecular weight excluding hydrogens is 244 g/mol. The molecule has 0 bridgehead atoms. The van der Waals surface area contributed by atoms with Gasteiger partial charge in [0, 0.05) is 24.6 Å². The monoisotopic (exact) mass is 260 g/mol. The van der Waals surface area contributed by atoms with Crippen LogP contribution in [0.3, 0.4) is 0 Å². The van der Waals surface area contributed by atoms with Gasteiger partial charge in [-0.05, 0) is 35.7 Å². The third-order valence-corrected chi connectivity index (χ3v) is 3.17.